The third-order valence-electron chi connectivity index (χ3n) is 5.28. The number of nitrogens with one attached hydrogen (secondary N) is 1. The van der Waals surface area contributed by atoms with Gasteiger partial charge >= 0.3 is 0 Å². The fourth-order valence-corrected chi connectivity index (χ4v) is 5.50. The Morgan fingerprint density at radius 2 is 1.70 bits per heavy atom. The number of thiazole rings is 1. The highest BCUT2D eigenvalue weighted by molar-refractivity contribution is 8.03. The van der Waals surface area contributed by atoms with Gasteiger partial charge in [-0.3, -0.25) is 0 Å². The molecule has 0 amide bonds. The lowest BCUT2D eigenvalue weighted by molar-refractivity contribution is 0.346. The highest BCUT2D eigenvalue weighted by Gasteiger charge is 2.15. The first-order chi connectivity index (χ1) is 16.3. The molecule has 164 valence electrons. The molecule has 33 heavy (non-hydrogen) atoms. The summed E-state index contributed by atoms with van der Waals surface area (Å²) >= 11 is 3.44. The van der Waals surface area contributed by atoms with Gasteiger partial charge in [0.15, 0.2) is 0 Å². The van der Waals surface area contributed by atoms with Crippen molar-refractivity contribution in [3.63, 3.8) is 0 Å². The highest BCUT2D eigenvalue weighted by Crippen LogP contribution is 2.41. The second-order valence-electron chi connectivity index (χ2n) is 7.59. The Hall–Kier alpha value is -3.28. The summed E-state index contributed by atoms with van der Waals surface area (Å²) in [5.74, 6) is 0.757. The molecular weight excluding hydrogens is 444 g/mol. The predicted octanol–water partition coefficient (Wildman–Crippen LogP) is 8.24. The Bertz CT molecular complexity index is 1270. The summed E-state index contributed by atoms with van der Waals surface area (Å²) in [4.78, 5) is 6.94. The Kier molecular flexibility index (Phi) is 6.61. The molecule has 5 heteroatoms. The van der Waals surface area contributed by atoms with Gasteiger partial charge in [0.25, 0.3) is 0 Å². The number of benzene rings is 3. The van der Waals surface area contributed by atoms with Crippen LogP contribution in [0.4, 0.5) is 5.69 Å². The Labute approximate surface area is 202 Å². The van der Waals surface area contributed by atoms with Crippen LogP contribution in [0, 0.1) is 0 Å². The molecule has 0 saturated carbocycles. The molecule has 3 nitrogen and oxygen atoms in total. The van der Waals surface area contributed by atoms with Crippen LogP contribution in [0.25, 0.3) is 22.9 Å². The predicted molar refractivity (Wildman–Crippen MR) is 143 cm³/mol. The molecule has 0 fully saturated rings. The van der Waals surface area contributed by atoms with Crippen LogP contribution in [0.1, 0.15) is 23.2 Å². The third-order valence-corrected chi connectivity index (χ3v) is 7.24. The number of rotatable bonds is 3. The van der Waals surface area contributed by atoms with Crippen LogP contribution < -0.4 is 10.1 Å². The second-order valence-corrected chi connectivity index (χ2v) is 9.73. The molecule has 2 aliphatic rings. The van der Waals surface area contributed by atoms with Crippen molar-refractivity contribution < 1.29 is 4.74 Å². The van der Waals surface area contributed by atoms with Crippen molar-refractivity contribution in [3.05, 3.63) is 105 Å². The topological polar surface area (TPSA) is 34.1 Å². The third kappa shape index (κ3) is 5.21. The zero-order valence-corrected chi connectivity index (χ0v) is 20.0. The molecule has 3 heterocycles. The molecule has 0 spiro atoms. The summed E-state index contributed by atoms with van der Waals surface area (Å²) < 4.78 is 5.55. The number of para-hydroxylation sites is 1. The minimum absolute atomic E-state index is 0.614. The van der Waals surface area contributed by atoms with Crippen LogP contribution in [-0.4, -0.2) is 11.6 Å². The van der Waals surface area contributed by atoms with Gasteiger partial charge in [0.05, 0.1) is 15.6 Å². The van der Waals surface area contributed by atoms with E-state index < -0.39 is 0 Å². The average molecular weight is 469 g/mol. The summed E-state index contributed by atoms with van der Waals surface area (Å²) in [5, 5.41) is 8.24. The molecule has 0 atom stereocenters. The molecule has 6 rings (SSSR count). The van der Waals surface area contributed by atoms with Gasteiger partial charge < -0.3 is 10.1 Å². The Morgan fingerprint density at radius 1 is 1.00 bits per heavy atom. The highest BCUT2D eigenvalue weighted by atomic mass is 32.2. The maximum atomic E-state index is 5.55. The van der Waals surface area contributed by atoms with Crippen LogP contribution >= 0.6 is 23.1 Å². The molecule has 2 aliphatic heterocycles. The van der Waals surface area contributed by atoms with Crippen molar-refractivity contribution in [2.24, 2.45) is 0 Å². The van der Waals surface area contributed by atoms with E-state index in [1.54, 1.807) is 23.1 Å². The van der Waals surface area contributed by atoms with Crippen molar-refractivity contribution in [2.75, 3.05) is 11.9 Å². The van der Waals surface area contributed by atoms with E-state index in [-0.39, 0.29) is 0 Å². The van der Waals surface area contributed by atoms with Crippen LogP contribution in [0.2, 0.25) is 0 Å². The van der Waals surface area contributed by atoms with Crippen LogP contribution in [0.15, 0.2) is 100 Å². The summed E-state index contributed by atoms with van der Waals surface area (Å²) in [7, 11) is 0. The number of aromatic nitrogens is 1. The summed E-state index contributed by atoms with van der Waals surface area (Å²) in [6, 6.07) is 25.1. The number of ether oxygens (including phenoxy) is 1. The number of hydrogen-bond acceptors (Lipinski definition) is 5. The molecule has 0 bridgehead atoms. The smallest absolute Gasteiger partial charge is 0.232 e. The van der Waals surface area contributed by atoms with Crippen molar-refractivity contribution in [3.8, 4) is 5.88 Å². The molecule has 0 aliphatic carbocycles. The summed E-state index contributed by atoms with van der Waals surface area (Å²) in [5.41, 5.74) is 2.44. The van der Waals surface area contributed by atoms with Crippen molar-refractivity contribution >= 4 is 51.7 Å². The molecule has 1 N–H and O–H groups in total. The normalized spacial score (nSPS) is 15.3. The van der Waals surface area contributed by atoms with E-state index in [4.69, 9.17) is 4.74 Å². The second kappa shape index (κ2) is 10.1. The van der Waals surface area contributed by atoms with Gasteiger partial charge in [0.2, 0.25) is 5.88 Å². The number of allylic oxidation sites excluding steroid dienone is 2. The van der Waals surface area contributed by atoms with Gasteiger partial charge in [-0.2, -0.15) is 0 Å². The van der Waals surface area contributed by atoms with Crippen LogP contribution in [0.3, 0.4) is 0 Å². The average Bonchev–Trinajstić information content (AvgIpc) is 3.47. The first-order valence-corrected chi connectivity index (χ1v) is 12.6. The number of nitrogens with zero attached hydrogens (tertiary/aromatic N) is 1. The molecule has 4 aromatic rings. The SMILES string of the molecule is CCC(=Cc1nc2c(s1)C=CCO2)C=C1Nc2ccccc2S1.c1ccc2ccccc2c1. The maximum absolute atomic E-state index is 5.55. The van der Waals surface area contributed by atoms with E-state index in [1.807, 2.05) is 6.08 Å². The Morgan fingerprint density at radius 3 is 2.36 bits per heavy atom. The van der Waals surface area contributed by atoms with E-state index in [9.17, 15) is 0 Å². The summed E-state index contributed by atoms with van der Waals surface area (Å²) in [6.45, 7) is 2.78. The lowest BCUT2D eigenvalue weighted by Crippen LogP contribution is -1.98. The number of anilines is 1. The maximum Gasteiger partial charge on any atom is 0.232 e. The fraction of sp³-hybridized carbons (Fsp3) is 0.107. The fourth-order valence-electron chi connectivity index (χ4n) is 3.59. The zero-order valence-electron chi connectivity index (χ0n) is 18.3. The van der Waals surface area contributed by atoms with E-state index in [0.29, 0.717) is 6.61 Å². The molecule has 0 radical (unpaired) electrons. The van der Waals surface area contributed by atoms with Gasteiger partial charge in [0.1, 0.15) is 11.6 Å². The van der Waals surface area contributed by atoms with Crippen molar-refractivity contribution in [1.82, 2.24) is 4.98 Å². The minimum atomic E-state index is 0.614. The first kappa shape index (κ1) is 21.6. The molecule has 3 aromatic carbocycles. The van der Waals surface area contributed by atoms with E-state index in [1.165, 1.54) is 26.9 Å². The monoisotopic (exact) mass is 468 g/mol. The van der Waals surface area contributed by atoms with Gasteiger partial charge in [-0.25, -0.2) is 4.98 Å². The van der Waals surface area contributed by atoms with Gasteiger partial charge in [-0.05, 0) is 59.2 Å². The van der Waals surface area contributed by atoms with Crippen molar-refractivity contribution in [1.29, 1.82) is 0 Å². The van der Waals surface area contributed by atoms with E-state index in [2.05, 4.69) is 108 Å². The number of fused-ring (bicyclic) bond motifs is 3. The lowest BCUT2D eigenvalue weighted by Gasteiger charge is -2.03. The van der Waals surface area contributed by atoms with Gasteiger partial charge in [-0.1, -0.05) is 79.3 Å². The Balaban J connectivity index is 0.000000190. The van der Waals surface area contributed by atoms with E-state index in [0.717, 1.165) is 27.2 Å². The van der Waals surface area contributed by atoms with Gasteiger partial charge in [-0.15, -0.1) is 11.3 Å². The molecule has 0 unspecified atom stereocenters. The molecule has 1 aromatic heterocycles. The number of thioether (sulfide) groups is 1. The van der Waals surface area contributed by atoms with Crippen LogP contribution in [-0.2, 0) is 0 Å². The quantitative estimate of drug-likeness (QED) is 0.328. The summed E-state index contributed by atoms with van der Waals surface area (Å²) in [6.07, 6.45) is 9.43. The first-order valence-electron chi connectivity index (χ1n) is 11.0. The van der Waals surface area contributed by atoms with Gasteiger partial charge in [0, 0.05) is 4.90 Å². The molecular formula is C28H24N2OS2. The zero-order chi connectivity index (χ0) is 22.5. The standard InChI is InChI=1S/C18H16N2OS2.C10H8/c1-2-12(10-16-19-13-6-3-4-7-14(13)22-16)11-17-20-18-15(23-17)8-5-9-21-18;1-2-6-10-8-4-3-7-9(10)5-1/h3-8,10-11,19H,2,9H2,1H3;1-8H. The molecule has 0 saturated heterocycles. The lowest BCUT2D eigenvalue weighted by atomic mass is 10.1. The van der Waals surface area contributed by atoms with E-state index >= 15 is 0 Å². The minimum Gasteiger partial charge on any atom is -0.472 e. The van der Waals surface area contributed by atoms with Crippen molar-refractivity contribution in [2.45, 2.75) is 18.2 Å². The largest absolute Gasteiger partial charge is 0.472 e. The number of hydrogen-bond donors (Lipinski definition) is 1. The van der Waals surface area contributed by atoms with Crippen LogP contribution in [0.5, 0.6) is 5.88 Å².